The molecule has 1 aromatic carbocycles. The Bertz CT molecular complexity index is 286. The van der Waals surface area contributed by atoms with E-state index in [1.807, 2.05) is 25.1 Å². The maximum absolute atomic E-state index is 9.60. The van der Waals surface area contributed by atoms with E-state index in [2.05, 4.69) is 15.9 Å². The van der Waals surface area contributed by atoms with Crippen LogP contribution in [0.25, 0.3) is 0 Å². The molecule has 0 aromatic heterocycles. The highest BCUT2D eigenvalue weighted by Gasteiger charge is 2.09. The van der Waals surface area contributed by atoms with Crippen molar-refractivity contribution < 1.29 is 9.84 Å². The third-order valence-corrected chi connectivity index (χ3v) is 2.64. The highest BCUT2D eigenvalue weighted by molar-refractivity contribution is 9.10. The summed E-state index contributed by atoms with van der Waals surface area (Å²) in [6.45, 7) is 1.95. The predicted molar refractivity (Wildman–Crippen MR) is 55.9 cm³/mol. The Kier molecular flexibility index (Phi) is 3.75. The third kappa shape index (κ3) is 2.45. The van der Waals surface area contributed by atoms with Crippen LogP contribution in [0.2, 0.25) is 0 Å². The minimum Gasteiger partial charge on any atom is -0.497 e. The van der Waals surface area contributed by atoms with Crippen LogP contribution in [0.15, 0.2) is 22.7 Å². The summed E-state index contributed by atoms with van der Waals surface area (Å²) in [6, 6.07) is 5.57. The number of rotatable bonds is 3. The standard InChI is InChI=1S/C10H13BrO2/c1-3-10(12)8-5-4-7(13-2)6-9(8)11/h4-6,10,12H,3H2,1-2H3/t10-/m0/s1. The van der Waals surface area contributed by atoms with Gasteiger partial charge >= 0.3 is 0 Å². The summed E-state index contributed by atoms with van der Waals surface area (Å²) in [5.74, 6) is 0.791. The minimum atomic E-state index is -0.403. The van der Waals surface area contributed by atoms with Crippen LogP contribution < -0.4 is 4.74 Å². The summed E-state index contributed by atoms with van der Waals surface area (Å²) in [4.78, 5) is 0. The van der Waals surface area contributed by atoms with Crippen LogP contribution in [0.3, 0.4) is 0 Å². The number of aliphatic hydroxyl groups excluding tert-OH is 1. The van der Waals surface area contributed by atoms with E-state index in [-0.39, 0.29) is 0 Å². The van der Waals surface area contributed by atoms with Gasteiger partial charge in [-0.25, -0.2) is 0 Å². The van der Waals surface area contributed by atoms with Gasteiger partial charge in [0.2, 0.25) is 0 Å². The molecule has 0 radical (unpaired) electrons. The fourth-order valence-electron chi connectivity index (χ4n) is 1.12. The van der Waals surface area contributed by atoms with Crippen LogP contribution in [0.4, 0.5) is 0 Å². The molecule has 3 heteroatoms. The first-order valence-corrected chi connectivity index (χ1v) is 4.99. The molecule has 0 aliphatic heterocycles. The summed E-state index contributed by atoms with van der Waals surface area (Å²) < 4.78 is 5.94. The van der Waals surface area contributed by atoms with Gasteiger partial charge in [0.05, 0.1) is 13.2 Å². The van der Waals surface area contributed by atoms with Crippen molar-refractivity contribution in [1.29, 1.82) is 0 Å². The Morgan fingerprint density at radius 1 is 1.54 bits per heavy atom. The molecule has 72 valence electrons. The zero-order valence-corrected chi connectivity index (χ0v) is 9.34. The number of hydrogen-bond donors (Lipinski definition) is 1. The van der Waals surface area contributed by atoms with E-state index in [0.29, 0.717) is 6.42 Å². The van der Waals surface area contributed by atoms with Gasteiger partial charge in [0, 0.05) is 4.47 Å². The number of aliphatic hydroxyl groups is 1. The van der Waals surface area contributed by atoms with Crippen molar-refractivity contribution in [2.24, 2.45) is 0 Å². The van der Waals surface area contributed by atoms with Gasteiger partial charge in [-0.05, 0) is 24.1 Å². The molecule has 0 saturated carbocycles. The van der Waals surface area contributed by atoms with Crippen LogP contribution in [0.5, 0.6) is 5.75 Å². The molecule has 0 saturated heterocycles. The van der Waals surface area contributed by atoms with E-state index >= 15 is 0 Å². The molecule has 0 aliphatic rings. The number of hydrogen-bond acceptors (Lipinski definition) is 2. The molecule has 0 aliphatic carbocycles. The average Bonchev–Trinajstić information content (AvgIpc) is 2.16. The van der Waals surface area contributed by atoms with Crippen molar-refractivity contribution in [2.75, 3.05) is 7.11 Å². The molecule has 1 rings (SSSR count). The second-order valence-electron chi connectivity index (χ2n) is 2.81. The van der Waals surface area contributed by atoms with Gasteiger partial charge in [-0.3, -0.25) is 0 Å². The molecule has 0 fully saturated rings. The van der Waals surface area contributed by atoms with Crippen LogP contribution in [-0.2, 0) is 0 Å². The fraction of sp³-hybridized carbons (Fsp3) is 0.400. The van der Waals surface area contributed by atoms with E-state index in [4.69, 9.17) is 4.74 Å². The SMILES string of the molecule is CC[C@H](O)c1ccc(OC)cc1Br. The van der Waals surface area contributed by atoms with Gasteiger partial charge in [-0.1, -0.05) is 28.9 Å². The highest BCUT2D eigenvalue weighted by Crippen LogP contribution is 2.28. The smallest absolute Gasteiger partial charge is 0.120 e. The maximum atomic E-state index is 9.60. The molecule has 0 bridgehead atoms. The Hall–Kier alpha value is -0.540. The van der Waals surface area contributed by atoms with E-state index in [9.17, 15) is 5.11 Å². The lowest BCUT2D eigenvalue weighted by molar-refractivity contribution is 0.173. The van der Waals surface area contributed by atoms with E-state index in [0.717, 1.165) is 15.8 Å². The second kappa shape index (κ2) is 4.63. The van der Waals surface area contributed by atoms with Gasteiger partial charge in [0.1, 0.15) is 5.75 Å². The molecule has 13 heavy (non-hydrogen) atoms. The molecule has 1 aromatic rings. The lowest BCUT2D eigenvalue weighted by atomic mass is 10.1. The van der Waals surface area contributed by atoms with Crippen molar-refractivity contribution in [3.05, 3.63) is 28.2 Å². The van der Waals surface area contributed by atoms with E-state index in [1.165, 1.54) is 0 Å². The molecule has 0 heterocycles. The molecular formula is C10H13BrO2. The largest absolute Gasteiger partial charge is 0.497 e. The number of ether oxygens (including phenoxy) is 1. The predicted octanol–water partition coefficient (Wildman–Crippen LogP) is 2.90. The lowest BCUT2D eigenvalue weighted by Crippen LogP contribution is -1.96. The zero-order chi connectivity index (χ0) is 9.84. The summed E-state index contributed by atoms with van der Waals surface area (Å²) in [5.41, 5.74) is 0.906. The molecule has 2 nitrogen and oxygen atoms in total. The van der Waals surface area contributed by atoms with Crippen molar-refractivity contribution in [1.82, 2.24) is 0 Å². The third-order valence-electron chi connectivity index (χ3n) is 1.95. The van der Waals surface area contributed by atoms with Crippen molar-refractivity contribution in [2.45, 2.75) is 19.4 Å². The molecular weight excluding hydrogens is 232 g/mol. The van der Waals surface area contributed by atoms with Crippen LogP contribution in [0, 0.1) is 0 Å². The Morgan fingerprint density at radius 3 is 2.69 bits per heavy atom. The summed E-state index contributed by atoms with van der Waals surface area (Å²) in [7, 11) is 1.62. The molecule has 1 N–H and O–H groups in total. The normalized spacial score (nSPS) is 12.6. The summed E-state index contributed by atoms with van der Waals surface area (Å²) >= 11 is 3.39. The van der Waals surface area contributed by atoms with Crippen molar-refractivity contribution in [3.8, 4) is 5.75 Å². The molecule has 0 unspecified atom stereocenters. The zero-order valence-electron chi connectivity index (χ0n) is 7.75. The molecule has 0 amide bonds. The number of methoxy groups -OCH3 is 1. The molecule has 0 spiro atoms. The Balaban J connectivity index is 2.98. The minimum absolute atomic E-state index is 0.403. The Labute approximate surface area is 86.7 Å². The van der Waals surface area contributed by atoms with Gasteiger partial charge < -0.3 is 9.84 Å². The summed E-state index contributed by atoms with van der Waals surface area (Å²) in [6.07, 6.45) is 0.311. The van der Waals surface area contributed by atoms with Gasteiger partial charge in [0.25, 0.3) is 0 Å². The number of halogens is 1. The first-order valence-electron chi connectivity index (χ1n) is 4.20. The van der Waals surface area contributed by atoms with Crippen LogP contribution in [0.1, 0.15) is 25.0 Å². The second-order valence-corrected chi connectivity index (χ2v) is 3.67. The summed E-state index contributed by atoms with van der Waals surface area (Å²) in [5, 5.41) is 9.60. The Morgan fingerprint density at radius 2 is 2.23 bits per heavy atom. The first-order chi connectivity index (χ1) is 6.19. The molecule has 1 atom stereocenters. The van der Waals surface area contributed by atoms with Crippen LogP contribution >= 0.6 is 15.9 Å². The monoisotopic (exact) mass is 244 g/mol. The maximum Gasteiger partial charge on any atom is 0.120 e. The van der Waals surface area contributed by atoms with E-state index in [1.54, 1.807) is 7.11 Å². The van der Waals surface area contributed by atoms with Crippen molar-refractivity contribution >= 4 is 15.9 Å². The topological polar surface area (TPSA) is 29.5 Å². The highest BCUT2D eigenvalue weighted by atomic mass is 79.9. The van der Waals surface area contributed by atoms with E-state index < -0.39 is 6.10 Å². The first kappa shape index (κ1) is 10.5. The quantitative estimate of drug-likeness (QED) is 0.887. The van der Waals surface area contributed by atoms with Crippen molar-refractivity contribution in [3.63, 3.8) is 0 Å². The van der Waals surface area contributed by atoms with Gasteiger partial charge in [0.15, 0.2) is 0 Å². The fourth-order valence-corrected chi connectivity index (χ4v) is 1.75. The van der Waals surface area contributed by atoms with Crippen LogP contribution in [-0.4, -0.2) is 12.2 Å². The van der Waals surface area contributed by atoms with Gasteiger partial charge in [-0.15, -0.1) is 0 Å². The average molecular weight is 245 g/mol. The van der Waals surface area contributed by atoms with Gasteiger partial charge in [-0.2, -0.15) is 0 Å². The lowest BCUT2D eigenvalue weighted by Gasteiger charge is -2.11. The number of benzene rings is 1.